The number of rotatable bonds is 11. The molecule has 0 radical (unpaired) electrons. The Morgan fingerprint density at radius 3 is 2.77 bits per heavy atom. The summed E-state index contributed by atoms with van der Waals surface area (Å²) < 4.78 is 26.0. The topological polar surface area (TPSA) is 114 Å². The molecule has 1 atom stereocenters. The van der Waals surface area contributed by atoms with E-state index in [2.05, 4.69) is 26.8 Å². The van der Waals surface area contributed by atoms with Crippen molar-refractivity contribution in [2.75, 3.05) is 32.1 Å². The highest BCUT2D eigenvalue weighted by atomic mass is 19.1. The number of nitrogens with one attached hydrogen (secondary N) is 2. The van der Waals surface area contributed by atoms with Gasteiger partial charge in [0.25, 0.3) is 0 Å². The zero-order valence-electron chi connectivity index (χ0n) is 21.9. The van der Waals surface area contributed by atoms with Gasteiger partial charge < -0.3 is 20.1 Å². The average Bonchev–Trinajstić information content (AvgIpc) is 3.37. The first-order chi connectivity index (χ1) is 18.9. The lowest BCUT2D eigenvalue weighted by Crippen LogP contribution is -2.32. The lowest BCUT2D eigenvalue weighted by Gasteiger charge is -2.11. The standard InChI is InChI=1S/C29H29FN6O3/c1-4-39-25-14-26(28-22(15-31)17-35-36(28)18-25)21-7-8-27(34-16-21)32-9-10-33-29(37)19(2)5-6-20-11-23(30)13-24(12-20)38-3/h5-8,11-14,16-19H,4,9-10H2,1-3H3,(H,32,34)(H,33,37)/b6-5+. The van der Waals surface area contributed by atoms with Gasteiger partial charge in [-0.25, -0.2) is 13.9 Å². The molecule has 3 aromatic heterocycles. The molecule has 0 aliphatic heterocycles. The fourth-order valence-corrected chi connectivity index (χ4v) is 3.98. The molecule has 3 heterocycles. The minimum atomic E-state index is -0.403. The van der Waals surface area contributed by atoms with E-state index >= 15 is 0 Å². The van der Waals surface area contributed by atoms with E-state index in [-0.39, 0.29) is 5.91 Å². The molecular formula is C29H29FN6O3. The summed E-state index contributed by atoms with van der Waals surface area (Å²) in [5.74, 6) is 0.757. The third kappa shape index (κ3) is 6.70. The highest BCUT2D eigenvalue weighted by molar-refractivity contribution is 5.85. The first-order valence-corrected chi connectivity index (χ1v) is 12.5. The quantitative estimate of drug-likeness (QED) is 0.272. The summed E-state index contributed by atoms with van der Waals surface area (Å²) >= 11 is 0. The fraction of sp³-hybridized carbons (Fsp3) is 0.241. The van der Waals surface area contributed by atoms with Crippen LogP contribution in [0.5, 0.6) is 11.5 Å². The summed E-state index contributed by atoms with van der Waals surface area (Å²) in [6.45, 7) is 5.05. The van der Waals surface area contributed by atoms with E-state index in [1.807, 2.05) is 25.1 Å². The predicted molar refractivity (Wildman–Crippen MR) is 147 cm³/mol. The van der Waals surface area contributed by atoms with Gasteiger partial charge in [-0.1, -0.05) is 19.1 Å². The number of pyridine rings is 2. The largest absolute Gasteiger partial charge is 0.497 e. The van der Waals surface area contributed by atoms with E-state index in [1.54, 1.807) is 42.1 Å². The number of carbonyl (C=O) groups excluding carboxylic acids is 1. The monoisotopic (exact) mass is 528 g/mol. The number of aromatic nitrogens is 3. The predicted octanol–water partition coefficient (Wildman–Crippen LogP) is 4.69. The van der Waals surface area contributed by atoms with Gasteiger partial charge in [0.15, 0.2) is 0 Å². The van der Waals surface area contributed by atoms with Crippen LogP contribution in [0.25, 0.3) is 22.7 Å². The first-order valence-electron chi connectivity index (χ1n) is 12.5. The number of nitriles is 1. The molecule has 39 heavy (non-hydrogen) atoms. The van der Waals surface area contributed by atoms with E-state index in [9.17, 15) is 14.4 Å². The van der Waals surface area contributed by atoms with Crippen molar-refractivity contribution in [2.45, 2.75) is 13.8 Å². The van der Waals surface area contributed by atoms with Crippen molar-refractivity contribution in [3.8, 4) is 28.7 Å². The van der Waals surface area contributed by atoms with Gasteiger partial charge in [-0.3, -0.25) is 4.79 Å². The summed E-state index contributed by atoms with van der Waals surface area (Å²) in [7, 11) is 1.47. The number of fused-ring (bicyclic) bond motifs is 1. The van der Waals surface area contributed by atoms with E-state index < -0.39 is 11.7 Å². The van der Waals surface area contributed by atoms with E-state index in [0.29, 0.717) is 53.7 Å². The number of carbonyl (C=O) groups is 1. The van der Waals surface area contributed by atoms with Gasteiger partial charge in [0, 0.05) is 36.5 Å². The Morgan fingerprint density at radius 1 is 1.21 bits per heavy atom. The molecular weight excluding hydrogens is 499 g/mol. The van der Waals surface area contributed by atoms with Crippen molar-refractivity contribution < 1.29 is 18.7 Å². The van der Waals surface area contributed by atoms with Gasteiger partial charge in [-0.05, 0) is 42.8 Å². The van der Waals surface area contributed by atoms with Gasteiger partial charge >= 0.3 is 0 Å². The maximum Gasteiger partial charge on any atom is 0.226 e. The van der Waals surface area contributed by atoms with Crippen LogP contribution in [0.1, 0.15) is 25.0 Å². The Morgan fingerprint density at radius 2 is 2.05 bits per heavy atom. The second-order valence-corrected chi connectivity index (χ2v) is 8.71. The molecule has 200 valence electrons. The third-order valence-electron chi connectivity index (χ3n) is 5.94. The van der Waals surface area contributed by atoms with Crippen molar-refractivity contribution in [3.05, 3.63) is 78.0 Å². The van der Waals surface area contributed by atoms with Gasteiger partial charge in [0.05, 0.1) is 43.1 Å². The molecule has 0 saturated carbocycles. The smallest absolute Gasteiger partial charge is 0.226 e. The fourth-order valence-electron chi connectivity index (χ4n) is 3.98. The Balaban J connectivity index is 1.33. The van der Waals surface area contributed by atoms with Crippen LogP contribution in [-0.2, 0) is 4.79 Å². The summed E-state index contributed by atoms with van der Waals surface area (Å²) in [6, 6.07) is 12.2. The molecule has 4 aromatic rings. The molecule has 0 bridgehead atoms. The molecule has 4 rings (SSSR count). The number of nitrogens with zero attached hydrogens (tertiary/aromatic N) is 4. The van der Waals surface area contributed by atoms with Crippen LogP contribution in [0.3, 0.4) is 0 Å². The average molecular weight is 529 g/mol. The highest BCUT2D eigenvalue weighted by Gasteiger charge is 2.14. The minimum Gasteiger partial charge on any atom is -0.497 e. The molecule has 0 spiro atoms. The molecule has 0 saturated heterocycles. The Bertz CT molecular complexity index is 1520. The van der Waals surface area contributed by atoms with Crippen molar-refractivity contribution in [1.29, 1.82) is 5.26 Å². The van der Waals surface area contributed by atoms with Crippen LogP contribution >= 0.6 is 0 Å². The number of halogens is 1. The molecule has 1 unspecified atom stereocenters. The molecule has 0 fully saturated rings. The van der Waals surface area contributed by atoms with Gasteiger partial charge in [0.2, 0.25) is 5.91 Å². The molecule has 2 N–H and O–H groups in total. The maximum atomic E-state index is 13.7. The summed E-state index contributed by atoms with van der Waals surface area (Å²) in [5, 5.41) is 19.8. The van der Waals surface area contributed by atoms with Crippen molar-refractivity contribution in [2.24, 2.45) is 5.92 Å². The zero-order valence-corrected chi connectivity index (χ0v) is 21.9. The van der Waals surface area contributed by atoms with Crippen LogP contribution in [0.2, 0.25) is 0 Å². The van der Waals surface area contributed by atoms with E-state index in [0.717, 1.165) is 11.1 Å². The summed E-state index contributed by atoms with van der Waals surface area (Å²) in [4.78, 5) is 16.9. The first kappa shape index (κ1) is 27.1. The number of anilines is 1. The lowest BCUT2D eigenvalue weighted by molar-refractivity contribution is -0.123. The number of amides is 1. The van der Waals surface area contributed by atoms with Gasteiger partial charge in [-0.15, -0.1) is 0 Å². The Labute approximate surface area is 225 Å². The second-order valence-electron chi connectivity index (χ2n) is 8.71. The van der Waals surface area contributed by atoms with E-state index in [1.165, 1.54) is 25.4 Å². The minimum absolute atomic E-state index is 0.146. The van der Waals surface area contributed by atoms with Crippen molar-refractivity contribution in [3.63, 3.8) is 0 Å². The number of hydrogen-bond acceptors (Lipinski definition) is 7. The van der Waals surface area contributed by atoms with Crippen LogP contribution in [0, 0.1) is 23.1 Å². The van der Waals surface area contributed by atoms with Crippen molar-refractivity contribution >= 4 is 23.3 Å². The molecule has 10 heteroatoms. The number of methoxy groups -OCH3 is 1. The summed E-state index contributed by atoms with van der Waals surface area (Å²) in [5.41, 5.74) is 3.37. The summed E-state index contributed by atoms with van der Waals surface area (Å²) in [6.07, 6.45) is 8.40. The van der Waals surface area contributed by atoms with Crippen LogP contribution in [-0.4, -0.2) is 47.3 Å². The Kier molecular flexibility index (Phi) is 8.74. The molecule has 9 nitrogen and oxygen atoms in total. The SMILES string of the molecule is CCOc1cc(-c2ccc(NCCNC(=O)C(C)/C=C/c3cc(F)cc(OC)c3)nc2)c2c(C#N)cnn2c1. The van der Waals surface area contributed by atoms with E-state index in [4.69, 9.17) is 9.47 Å². The van der Waals surface area contributed by atoms with Gasteiger partial charge in [0.1, 0.15) is 29.2 Å². The lowest BCUT2D eigenvalue weighted by atomic mass is 10.1. The van der Waals surface area contributed by atoms with Crippen LogP contribution < -0.4 is 20.1 Å². The molecule has 1 amide bonds. The third-order valence-corrected chi connectivity index (χ3v) is 5.94. The number of ether oxygens (including phenoxy) is 2. The number of benzene rings is 1. The normalized spacial score (nSPS) is 11.8. The highest BCUT2D eigenvalue weighted by Crippen LogP contribution is 2.31. The zero-order chi connectivity index (χ0) is 27.8. The maximum absolute atomic E-state index is 13.7. The van der Waals surface area contributed by atoms with Crippen LogP contribution in [0.4, 0.5) is 10.2 Å². The Hall–Kier alpha value is -4.91. The van der Waals surface area contributed by atoms with Crippen molar-refractivity contribution in [1.82, 2.24) is 19.9 Å². The second kappa shape index (κ2) is 12.6. The molecule has 1 aromatic carbocycles. The number of hydrogen-bond donors (Lipinski definition) is 2. The molecule has 0 aliphatic carbocycles. The van der Waals surface area contributed by atoms with Gasteiger partial charge in [-0.2, -0.15) is 10.4 Å². The van der Waals surface area contributed by atoms with Crippen LogP contribution in [0.15, 0.2) is 61.1 Å². The molecule has 0 aliphatic rings.